The summed E-state index contributed by atoms with van der Waals surface area (Å²) < 4.78 is 4.88. The summed E-state index contributed by atoms with van der Waals surface area (Å²) in [6.45, 7) is 6.23. The van der Waals surface area contributed by atoms with Gasteiger partial charge in [-0.3, -0.25) is 9.59 Å². The third-order valence-electron chi connectivity index (χ3n) is 3.61. The van der Waals surface area contributed by atoms with Crippen molar-refractivity contribution < 1.29 is 14.3 Å². The lowest BCUT2D eigenvalue weighted by Gasteiger charge is -2.16. The molecular formula is C15H27NO3. The van der Waals surface area contributed by atoms with Crippen LogP contribution >= 0.6 is 0 Å². The maximum atomic E-state index is 11.8. The number of hydrogen-bond acceptors (Lipinski definition) is 3. The molecule has 1 aliphatic rings. The van der Waals surface area contributed by atoms with E-state index in [9.17, 15) is 9.59 Å². The summed E-state index contributed by atoms with van der Waals surface area (Å²) >= 11 is 0. The molecule has 0 N–H and O–H groups in total. The Bertz CT molecular complexity index is 291. The lowest BCUT2D eigenvalue weighted by Crippen LogP contribution is -2.26. The average Bonchev–Trinajstić information content (AvgIpc) is 2.70. The molecule has 1 aliphatic heterocycles. The van der Waals surface area contributed by atoms with Crippen molar-refractivity contribution in [3.63, 3.8) is 0 Å². The maximum Gasteiger partial charge on any atom is 0.305 e. The Balaban J connectivity index is 2.06. The molecule has 1 atom stereocenters. The molecule has 1 saturated heterocycles. The summed E-state index contributed by atoms with van der Waals surface area (Å²) in [5.41, 5.74) is 0. The Morgan fingerprint density at radius 2 is 2.11 bits per heavy atom. The van der Waals surface area contributed by atoms with Crippen LogP contribution in [0.2, 0.25) is 0 Å². The van der Waals surface area contributed by atoms with Gasteiger partial charge in [-0.1, -0.05) is 19.8 Å². The van der Waals surface area contributed by atoms with Crippen molar-refractivity contribution >= 4 is 11.9 Å². The number of hydrogen-bond donors (Lipinski definition) is 0. The van der Waals surface area contributed by atoms with Gasteiger partial charge in [-0.15, -0.1) is 0 Å². The van der Waals surface area contributed by atoms with Crippen molar-refractivity contribution in [3.8, 4) is 0 Å². The zero-order chi connectivity index (χ0) is 14.1. The van der Waals surface area contributed by atoms with Gasteiger partial charge in [0.1, 0.15) is 0 Å². The molecule has 1 fully saturated rings. The second-order valence-corrected chi connectivity index (χ2v) is 5.31. The fourth-order valence-corrected chi connectivity index (χ4v) is 2.65. The first-order chi connectivity index (χ1) is 9.17. The second-order valence-electron chi connectivity index (χ2n) is 5.31. The fraction of sp³-hybridized carbons (Fsp3) is 0.867. The van der Waals surface area contributed by atoms with Crippen LogP contribution in [-0.2, 0) is 14.3 Å². The lowest BCUT2D eigenvalue weighted by molar-refractivity contribution is -0.143. The summed E-state index contributed by atoms with van der Waals surface area (Å²) in [4.78, 5) is 24.9. The molecule has 1 rings (SSSR count). The van der Waals surface area contributed by atoms with Crippen molar-refractivity contribution in [3.05, 3.63) is 0 Å². The van der Waals surface area contributed by atoms with Crippen LogP contribution in [0.3, 0.4) is 0 Å². The van der Waals surface area contributed by atoms with Crippen LogP contribution in [0.1, 0.15) is 58.8 Å². The van der Waals surface area contributed by atoms with Crippen LogP contribution in [-0.4, -0.2) is 36.5 Å². The molecule has 19 heavy (non-hydrogen) atoms. The molecule has 1 amide bonds. The molecule has 110 valence electrons. The number of rotatable bonds is 9. The topological polar surface area (TPSA) is 46.6 Å². The van der Waals surface area contributed by atoms with E-state index in [1.807, 2.05) is 11.8 Å². The number of carbonyl (C=O) groups excluding carboxylic acids is 2. The highest BCUT2D eigenvalue weighted by Crippen LogP contribution is 2.22. The first kappa shape index (κ1) is 16.0. The molecule has 0 aliphatic carbocycles. The molecule has 1 unspecified atom stereocenters. The van der Waals surface area contributed by atoms with E-state index >= 15 is 0 Å². The SMILES string of the molecule is CCCC1CC(=O)N(CCCCCC(=O)OCC)C1. The van der Waals surface area contributed by atoms with Crippen molar-refractivity contribution in [2.24, 2.45) is 5.92 Å². The quantitative estimate of drug-likeness (QED) is 0.477. The van der Waals surface area contributed by atoms with E-state index < -0.39 is 0 Å². The van der Waals surface area contributed by atoms with Crippen LogP contribution in [0.5, 0.6) is 0 Å². The van der Waals surface area contributed by atoms with Crippen LogP contribution in [0.25, 0.3) is 0 Å². The van der Waals surface area contributed by atoms with Crippen molar-refractivity contribution in [2.75, 3.05) is 19.7 Å². The fourth-order valence-electron chi connectivity index (χ4n) is 2.65. The Hall–Kier alpha value is -1.06. The number of likely N-dealkylation sites (tertiary alicyclic amines) is 1. The van der Waals surface area contributed by atoms with Gasteiger partial charge >= 0.3 is 5.97 Å². The van der Waals surface area contributed by atoms with Gasteiger partial charge in [0.2, 0.25) is 5.91 Å². The largest absolute Gasteiger partial charge is 0.466 e. The van der Waals surface area contributed by atoms with E-state index in [-0.39, 0.29) is 5.97 Å². The molecule has 4 nitrogen and oxygen atoms in total. The zero-order valence-electron chi connectivity index (χ0n) is 12.3. The molecule has 0 saturated carbocycles. The molecular weight excluding hydrogens is 242 g/mol. The third kappa shape index (κ3) is 6.08. The van der Waals surface area contributed by atoms with Gasteiger partial charge in [0, 0.05) is 25.9 Å². The third-order valence-corrected chi connectivity index (χ3v) is 3.61. The van der Waals surface area contributed by atoms with Gasteiger partial charge in [-0.05, 0) is 32.1 Å². The van der Waals surface area contributed by atoms with Crippen molar-refractivity contribution in [1.29, 1.82) is 0 Å². The molecule has 0 spiro atoms. The Morgan fingerprint density at radius 1 is 1.32 bits per heavy atom. The summed E-state index contributed by atoms with van der Waals surface area (Å²) in [5.74, 6) is 0.767. The second kappa shape index (κ2) is 8.94. The number of esters is 1. The highest BCUT2D eigenvalue weighted by molar-refractivity contribution is 5.78. The maximum absolute atomic E-state index is 11.8. The lowest BCUT2D eigenvalue weighted by atomic mass is 10.0. The number of ether oxygens (including phenoxy) is 1. The van der Waals surface area contributed by atoms with Crippen LogP contribution in [0.4, 0.5) is 0 Å². The molecule has 0 radical (unpaired) electrons. The standard InChI is InChI=1S/C15H27NO3/c1-3-8-13-11-14(17)16(12-13)10-7-5-6-9-15(18)19-4-2/h13H,3-12H2,1-2H3. The summed E-state index contributed by atoms with van der Waals surface area (Å²) in [6.07, 6.45) is 6.39. The number of carbonyl (C=O) groups is 2. The molecule has 0 aromatic rings. The van der Waals surface area contributed by atoms with Gasteiger partial charge in [-0.25, -0.2) is 0 Å². The molecule has 0 aromatic heterocycles. The molecule has 0 aromatic carbocycles. The van der Waals surface area contributed by atoms with Gasteiger partial charge in [0.25, 0.3) is 0 Å². The number of amides is 1. The Morgan fingerprint density at radius 3 is 2.79 bits per heavy atom. The first-order valence-corrected chi connectivity index (χ1v) is 7.60. The summed E-state index contributed by atoms with van der Waals surface area (Å²) in [5, 5.41) is 0. The molecule has 0 bridgehead atoms. The smallest absolute Gasteiger partial charge is 0.305 e. The van der Waals surface area contributed by atoms with Gasteiger partial charge in [0.05, 0.1) is 6.61 Å². The van der Waals surface area contributed by atoms with E-state index in [1.165, 1.54) is 0 Å². The predicted molar refractivity (Wildman–Crippen MR) is 74.7 cm³/mol. The van der Waals surface area contributed by atoms with Crippen LogP contribution < -0.4 is 0 Å². The zero-order valence-corrected chi connectivity index (χ0v) is 12.3. The summed E-state index contributed by atoms with van der Waals surface area (Å²) in [7, 11) is 0. The van der Waals surface area contributed by atoms with Gasteiger partial charge < -0.3 is 9.64 Å². The highest BCUT2D eigenvalue weighted by Gasteiger charge is 2.27. The van der Waals surface area contributed by atoms with E-state index in [1.54, 1.807) is 0 Å². The Kier molecular flexibility index (Phi) is 7.53. The molecule has 4 heteroatoms. The van der Waals surface area contributed by atoms with Crippen molar-refractivity contribution in [1.82, 2.24) is 4.90 Å². The van der Waals surface area contributed by atoms with Gasteiger partial charge in [-0.2, -0.15) is 0 Å². The van der Waals surface area contributed by atoms with Crippen LogP contribution in [0, 0.1) is 5.92 Å². The van der Waals surface area contributed by atoms with E-state index in [4.69, 9.17) is 4.74 Å². The average molecular weight is 269 g/mol. The van der Waals surface area contributed by atoms with Gasteiger partial charge in [0.15, 0.2) is 0 Å². The normalized spacial score (nSPS) is 18.9. The minimum Gasteiger partial charge on any atom is -0.466 e. The predicted octanol–water partition coefficient (Wildman–Crippen LogP) is 2.76. The van der Waals surface area contributed by atoms with E-state index in [2.05, 4.69) is 6.92 Å². The summed E-state index contributed by atoms with van der Waals surface area (Å²) in [6, 6.07) is 0. The van der Waals surface area contributed by atoms with E-state index in [0.29, 0.717) is 24.9 Å². The van der Waals surface area contributed by atoms with Crippen molar-refractivity contribution in [2.45, 2.75) is 58.8 Å². The highest BCUT2D eigenvalue weighted by atomic mass is 16.5. The van der Waals surface area contributed by atoms with Crippen LogP contribution in [0.15, 0.2) is 0 Å². The number of nitrogens with zero attached hydrogens (tertiary/aromatic N) is 1. The number of unbranched alkanes of at least 4 members (excludes halogenated alkanes) is 2. The monoisotopic (exact) mass is 269 g/mol. The first-order valence-electron chi connectivity index (χ1n) is 7.60. The molecule has 1 heterocycles. The van der Waals surface area contributed by atoms with E-state index in [0.717, 1.165) is 51.6 Å². The Labute approximate surface area is 116 Å². The minimum absolute atomic E-state index is 0.109. The minimum atomic E-state index is -0.109.